The Bertz CT molecular complexity index is 764. The van der Waals surface area contributed by atoms with Gasteiger partial charge in [0, 0.05) is 32.4 Å². The fourth-order valence-corrected chi connectivity index (χ4v) is 3.77. The zero-order valence-electron chi connectivity index (χ0n) is 12.9. The number of halogens is 1. The molecule has 2 amide bonds. The van der Waals surface area contributed by atoms with E-state index in [0.717, 1.165) is 6.42 Å². The fraction of sp³-hybridized carbons (Fsp3) is 0.312. The lowest BCUT2D eigenvalue weighted by Crippen LogP contribution is -2.35. The smallest absolute Gasteiger partial charge is 0.264 e. The summed E-state index contributed by atoms with van der Waals surface area (Å²) >= 11 is 7.20. The first-order valence-corrected chi connectivity index (χ1v) is 8.80. The maximum atomic E-state index is 12.6. The Kier molecular flexibility index (Phi) is 5.01. The van der Waals surface area contributed by atoms with Crippen molar-refractivity contribution in [2.75, 3.05) is 31.1 Å². The lowest BCUT2D eigenvalue weighted by molar-refractivity contribution is 0.0771. The van der Waals surface area contributed by atoms with E-state index >= 15 is 0 Å². The number of hydrogen-bond acceptors (Lipinski definition) is 5. The first-order valence-electron chi connectivity index (χ1n) is 7.60. The number of carbonyl (C=O) groups excluding carboxylic acids is 2. The van der Waals surface area contributed by atoms with E-state index in [0.29, 0.717) is 46.8 Å². The Morgan fingerprint density at radius 1 is 1.17 bits per heavy atom. The minimum Gasteiger partial charge on any atom is -0.365 e. The van der Waals surface area contributed by atoms with Gasteiger partial charge in [0.25, 0.3) is 11.8 Å². The second-order valence-electron chi connectivity index (χ2n) is 5.48. The summed E-state index contributed by atoms with van der Waals surface area (Å²) < 4.78 is 0.606. The SMILES string of the molecule is NC(=O)c1cccnc1N1CCCN(C(=O)c2ccc(Cl)s2)CC1. The van der Waals surface area contributed by atoms with Crippen molar-refractivity contribution >= 4 is 40.6 Å². The molecule has 0 saturated carbocycles. The predicted octanol–water partition coefficient (Wildman–Crippen LogP) is 2.25. The molecule has 2 aromatic rings. The second kappa shape index (κ2) is 7.19. The summed E-state index contributed by atoms with van der Waals surface area (Å²) in [6.45, 7) is 2.53. The lowest BCUT2D eigenvalue weighted by Gasteiger charge is -2.23. The Hall–Kier alpha value is -2.12. The molecule has 0 spiro atoms. The topological polar surface area (TPSA) is 79.5 Å². The number of thiophene rings is 1. The molecule has 1 saturated heterocycles. The third-order valence-electron chi connectivity index (χ3n) is 3.92. The van der Waals surface area contributed by atoms with Crippen molar-refractivity contribution in [3.05, 3.63) is 45.2 Å². The van der Waals surface area contributed by atoms with Crippen LogP contribution in [0.25, 0.3) is 0 Å². The van der Waals surface area contributed by atoms with Crippen LogP contribution in [0.5, 0.6) is 0 Å². The maximum absolute atomic E-state index is 12.6. The summed E-state index contributed by atoms with van der Waals surface area (Å²) in [5.41, 5.74) is 5.84. The van der Waals surface area contributed by atoms with Crippen LogP contribution in [0.1, 0.15) is 26.5 Å². The van der Waals surface area contributed by atoms with Gasteiger partial charge in [0.2, 0.25) is 0 Å². The first-order chi connectivity index (χ1) is 11.6. The number of amides is 2. The monoisotopic (exact) mass is 364 g/mol. The molecule has 0 radical (unpaired) electrons. The summed E-state index contributed by atoms with van der Waals surface area (Å²) in [6.07, 6.45) is 2.43. The summed E-state index contributed by atoms with van der Waals surface area (Å²) in [5.74, 6) is 0.0758. The number of nitrogens with two attached hydrogens (primary N) is 1. The Balaban J connectivity index is 1.74. The van der Waals surface area contributed by atoms with Gasteiger partial charge in [-0.15, -0.1) is 11.3 Å². The van der Waals surface area contributed by atoms with Crippen LogP contribution in [0.2, 0.25) is 4.34 Å². The Morgan fingerprint density at radius 3 is 2.71 bits per heavy atom. The molecule has 8 heteroatoms. The van der Waals surface area contributed by atoms with Crippen LogP contribution in [0.3, 0.4) is 0 Å². The van der Waals surface area contributed by atoms with E-state index in [2.05, 4.69) is 4.98 Å². The molecule has 2 N–H and O–H groups in total. The van der Waals surface area contributed by atoms with Crippen LogP contribution < -0.4 is 10.6 Å². The van der Waals surface area contributed by atoms with Crippen molar-refractivity contribution in [2.45, 2.75) is 6.42 Å². The summed E-state index contributed by atoms with van der Waals surface area (Å²) in [7, 11) is 0. The normalized spacial score (nSPS) is 15.2. The van der Waals surface area contributed by atoms with Crippen LogP contribution in [-0.4, -0.2) is 47.9 Å². The minimum atomic E-state index is -0.497. The molecule has 3 rings (SSSR count). The van der Waals surface area contributed by atoms with Gasteiger partial charge in [-0.2, -0.15) is 0 Å². The Morgan fingerprint density at radius 2 is 2.00 bits per heavy atom. The van der Waals surface area contributed by atoms with E-state index in [9.17, 15) is 9.59 Å². The van der Waals surface area contributed by atoms with Crippen LogP contribution in [0.4, 0.5) is 5.82 Å². The van der Waals surface area contributed by atoms with Crippen LogP contribution >= 0.6 is 22.9 Å². The number of pyridine rings is 1. The number of rotatable bonds is 3. The van der Waals surface area contributed by atoms with Gasteiger partial charge in [0.1, 0.15) is 5.82 Å². The van der Waals surface area contributed by atoms with E-state index in [1.54, 1.807) is 30.5 Å². The predicted molar refractivity (Wildman–Crippen MR) is 94.8 cm³/mol. The van der Waals surface area contributed by atoms with Crippen LogP contribution in [0.15, 0.2) is 30.5 Å². The molecule has 1 fully saturated rings. The van der Waals surface area contributed by atoms with Crippen LogP contribution in [0, 0.1) is 0 Å². The largest absolute Gasteiger partial charge is 0.365 e. The number of anilines is 1. The zero-order valence-corrected chi connectivity index (χ0v) is 14.5. The maximum Gasteiger partial charge on any atom is 0.264 e. The molecular weight excluding hydrogens is 348 g/mol. The molecule has 0 aliphatic carbocycles. The highest BCUT2D eigenvalue weighted by molar-refractivity contribution is 7.17. The molecule has 0 aromatic carbocycles. The molecule has 24 heavy (non-hydrogen) atoms. The third-order valence-corrected chi connectivity index (χ3v) is 5.14. The van der Waals surface area contributed by atoms with E-state index in [1.165, 1.54) is 11.3 Å². The molecule has 0 atom stereocenters. The summed E-state index contributed by atoms with van der Waals surface area (Å²) in [5, 5.41) is 0. The van der Waals surface area contributed by atoms with Crippen molar-refractivity contribution in [2.24, 2.45) is 5.73 Å². The molecule has 6 nitrogen and oxygen atoms in total. The highest BCUT2D eigenvalue weighted by atomic mass is 35.5. The molecule has 126 valence electrons. The van der Waals surface area contributed by atoms with Gasteiger partial charge >= 0.3 is 0 Å². The van der Waals surface area contributed by atoms with E-state index < -0.39 is 5.91 Å². The standard InChI is InChI=1S/C16H17ClN4O2S/c17-13-5-4-12(24-13)16(23)21-8-2-7-20(9-10-21)15-11(14(18)22)3-1-6-19-15/h1,3-6H,2,7-10H2,(H2,18,22). The van der Waals surface area contributed by atoms with E-state index in [4.69, 9.17) is 17.3 Å². The van der Waals surface area contributed by atoms with Crippen molar-refractivity contribution in [1.82, 2.24) is 9.88 Å². The first kappa shape index (κ1) is 16.7. The second-order valence-corrected chi connectivity index (χ2v) is 7.19. The number of carbonyl (C=O) groups is 2. The van der Waals surface area contributed by atoms with Gasteiger partial charge in [-0.3, -0.25) is 9.59 Å². The molecular formula is C16H17ClN4O2S. The van der Waals surface area contributed by atoms with Crippen molar-refractivity contribution in [3.63, 3.8) is 0 Å². The molecule has 1 aliphatic heterocycles. The van der Waals surface area contributed by atoms with Gasteiger partial charge in [0.15, 0.2) is 0 Å². The number of aromatic nitrogens is 1. The average molecular weight is 365 g/mol. The van der Waals surface area contributed by atoms with Crippen LogP contribution in [-0.2, 0) is 0 Å². The van der Waals surface area contributed by atoms with E-state index in [-0.39, 0.29) is 5.91 Å². The number of hydrogen-bond donors (Lipinski definition) is 1. The van der Waals surface area contributed by atoms with Crippen molar-refractivity contribution in [3.8, 4) is 0 Å². The van der Waals surface area contributed by atoms with Gasteiger partial charge in [-0.05, 0) is 30.7 Å². The van der Waals surface area contributed by atoms with Gasteiger partial charge in [0.05, 0.1) is 14.8 Å². The quantitative estimate of drug-likeness (QED) is 0.905. The van der Waals surface area contributed by atoms with Crippen molar-refractivity contribution < 1.29 is 9.59 Å². The highest BCUT2D eigenvalue weighted by Gasteiger charge is 2.23. The number of primary amides is 1. The molecule has 1 aliphatic rings. The van der Waals surface area contributed by atoms with Gasteiger partial charge in [-0.1, -0.05) is 11.6 Å². The molecule has 0 bridgehead atoms. The molecule has 2 aromatic heterocycles. The molecule has 3 heterocycles. The van der Waals surface area contributed by atoms with Gasteiger partial charge < -0.3 is 15.5 Å². The Labute approximate surface area is 148 Å². The summed E-state index contributed by atoms with van der Waals surface area (Å²) in [4.78, 5) is 32.9. The molecule has 0 unspecified atom stereocenters. The highest BCUT2D eigenvalue weighted by Crippen LogP contribution is 2.24. The lowest BCUT2D eigenvalue weighted by atomic mass is 10.2. The van der Waals surface area contributed by atoms with Gasteiger partial charge in [-0.25, -0.2) is 4.98 Å². The average Bonchev–Trinajstić information content (AvgIpc) is 2.87. The zero-order chi connectivity index (χ0) is 17.1. The minimum absolute atomic E-state index is 0.00936. The fourth-order valence-electron chi connectivity index (χ4n) is 2.76. The number of nitrogens with zero attached hydrogens (tertiary/aromatic N) is 3. The van der Waals surface area contributed by atoms with E-state index in [1.807, 2.05) is 9.80 Å². The van der Waals surface area contributed by atoms with Crippen molar-refractivity contribution in [1.29, 1.82) is 0 Å². The summed E-state index contributed by atoms with van der Waals surface area (Å²) in [6, 6.07) is 6.85. The third kappa shape index (κ3) is 3.52.